The zero-order valence-electron chi connectivity index (χ0n) is 15.7. The van der Waals surface area contributed by atoms with Crippen molar-refractivity contribution in [3.63, 3.8) is 0 Å². The molecule has 29 heavy (non-hydrogen) atoms. The Bertz CT molecular complexity index is 1240. The first-order valence-corrected chi connectivity index (χ1v) is 10.6. The van der Waals surface area contributed by atoms with Crippen molar-refractivity contribution in [1.82, 2.24) is 19.2 Å². The van der Waals surface area contributed by atoms with Crippen molar-refractivity contribution >= 4 is 26.9 Å². The van der Waals surface area contributed by atoms with Gasteiger partial charge in [-0.2, -0.15) is 4.31 Å². The van der Waals surface area contributed by atoms with E-state index in [-0.39, 0.29) is 10.8 Å². The van der Waals surface area contributed by atoms with Crippen LogP contribution in [-0.2, 0) is 10.0 Å². The molecule has 0 unspecified atom stereocenters. The second-order valence-electron chi connectivity index (χ2n) is 7.30. The highest BCUT2D eigenvalue weighted by Crippen LogP contribution is 2.31. The minimum Gasteiger partial charge on any atom is -0.464 e. The van der Waals surface area contributed by atoms with Crippen molar-refractivity contribution in [1.29, 1.82) is 0 Å². The van der Waals surface area contributed by atoms with E-state index in [9.17, 15) is 13.2 Å². The number of amides is 1. The lowest BCUT2D eigenvalue weighted by Gasteiger charge is -2.22. The molecule has 2 aliphatic heterocycles. The first-order chi connectivity index (χ1) is 13.9. The maximum Gasteiger partial charge on any atom is 0.274 e. The number of hydrogen-bond acceptors (Lipinski definition) is 6. The number of hydrogen-bond donors (Lipinski definition) is 0. The van der Waals surface area contributed by atoms with E-state index in [1.54, 1.807) is 35.4 Å². The topological polar surface area (TPSA) is 96.6 Å². The summed E-state index contributed by atoms with van der Waals surface area (Å²) in [6.45, 7) is 3.23. The first kappa shape index (κ1) is 18.0. The molecule has 8 nitrogen and oxygen atoms in total. The molecule has 1 amide bonds. The van der Waals surface area contributed by atoms with Crippen molar-refractivity contribution in [3.8, 4) is 0 Å². The summed E-state index contributed by atoms with van der Waals surface area (Å²) >= 11 is 0. The van der Waals surface area contributed by atoms with E-state index in [0.29, 0.717) is 37.5 Å². The largest absolute Gasteiger partial charge is 0.464 e. The maximum absolute atomic E-state index is 13.1. The van der Waals surface area contributed by atoms with E-state index in [1.165, 1.54) is 16.8 Å². The van der Waals surface area contributed by atoms with Gasteiger partial charge in [-0.3, -0.25) is 9.78 Å². The van der Waals surface area contributed by atoms with Crippen molar-refractivity contribution in [3.05, 3.63) is 65.5 Å². The number of nitrogens with zero attached hydrogens (tertiary/aromatic N) is 4. The van der Waals surface area contributed by atoms with E-state index in [4.69, 9.17) is 4.42 Å². The number of carbonyl (C=O) groups is 1. The van der Waals surface area contributed by atoms with Gasteiger partial charge in [0.1, 0.15) is 11.3 Å². The van der Waals surface area contributed by atoms with Crippen LogP contribution >= 0.6 is 0 Å². The van der Waals surface area contributed by atoms with Crippen LogP contribution in [0.4, 0.5) is 0 Å². The minimum absolute atomic E-state index is 0.188. The van der Waals surface area contributed by atoms with Gasteiger partial charge in [-0.25, -0.2) is 13.4 Å². The van der Waals surface area contributed by atoms with Gasteiger partial charge >= 0.3 is 0 Å². The van der Waals surface area contributed by atoms with Gasteiger partial charge in [0.2, 0.25) is 10.0 Å². The van der Waals surface area contributed by atoms with Crippen molar-refractivity contribution in [2.75, 3.05) is 26.2 Å². The van der Waals surface area contributed by atoms with E-state index in [2.05, 4.69) is 9.97 Å². The molecule has 0 saturated carbocycles. The second-order valence-corrected chi connectivity index (χ2v) is 9.24. The summed E-state index contributed by atoms with van der Waals surface area (Å²) in [4.78, 5) is 22.8. The summed E-state index contributed by atoms with van der Waals surface area (Å²) < 4.78 is 32.9. The van der Waals surface area contributed by atoms with E-state index < -0.39 is 10.0 Å². The summed E-state index contributed by atoms with van der Waals surface area (Å²) in [7, 11) is -3.62. The van der Waals surface area contributed by atoms with Crippen LogP contribution in [0.15, 0.2) is 63.4 Å². The highest BCUT2D eigenvalue weighted by Gasteiger charge is 2.38. The molecule has 0 saturated heterocycles. The number of furan rings is 1. The number of aromatic nitrogens is 2. The minimum atomic E-state index is -3.62. The van der Waals surface area contributed by atoms with Crippen LogP contribution in [0.3, 0.4) is 0 Å². The van der Waals surface area contributed by atoms with Crippen LogP contribution in [0.2, 0.25) is 0 Å². The third-order valence-corrected chi connectivity index (χ3v) is 7.13. The normalized spacial score (nSPS) is 17.3. The molecule has 9 heteroatoms. The molecule has 4 heterocycles. The van der Waals surface area contributed by atoms with Gasteiger partial charge in [-0.1, -0.05) is 0 Å². The van der Waals surface area contributed by atoms with E-state index in [0.717, 1.165) is 22.2 Å². The quantitative estimate of drug-likeness (QED) is 0.613. The van der Waals surface area contributed by atoms with Gasteiger partial charge in [0.15, 0.2) is 0 Å². The van der Waals surface area contributed by atoms with Gasteiger partial charge in [0, 0.05) is 37.8 Å². The maximum atomic E-state index is 13.1. The molecule has 0 fully saturated rings. The third kappa shape index (κ3) is 3.02. The molecule has 0 spiro atoms. The average molecular weight is 410 g/mol. The monoisotopic (exact) mass is 410 g/mol. The Morgan fingerprint density at radius 1 is 1.03 bits per heavy atom. The lowest BCUT2D eigenvalue weighted by Crippen LogP contribution is -2.36. The van der Waals surface area contributed by atoms with Crippen LogP contribution in [0.25, 0.3) is 11.0 Å². The second kappa shape index (κ2) is 6.50. The summed E-state index contributed by atoms with van der Waals surface area (Å²) in [5.74, 6) is -0.188. The molecule has 0 bridgehead atoms. The Kier molecular flexibility index (Phi) is 4.04. The Morgan fingerprint density at radius 2 is 1.79 bits per heavy atom. The van der Waals surface area contributed by atoms with Crippen LogP contribution < -0.4 is 0 Å². The van der Waals surface area contributed by atoms with Gasteiger partial charge in [0.25, 0.3) is 5.91 Å². The predicted molar refractivity (Wildman–Crippen MR) is 105 cm³/mol. The highest BCUT2D eigenvalue weighted by atomic mass is 32.2. The van der Waals surface area contributed by atoms with Gasteiger partial charge < -0.3 is 9.32 Å². The number of sulfonamides is 1. The molecule has 2 aromatic heterocycles. The fourth-order valence-corrected chi connectivity index (χ4v) is 5.24. The first-order valence-electron chi connectivity index (χ1n) is 9.17. The number of carbonyl (C=O) groups excluding carboxylic acids is 1. The van der Waals surface area contributed by atoms with Gasteiger partial charge in [-0.05, 0) is 42.3 Å². The molecule has 0 atom stereocenters. The standard InChI is InChI=1S/C20H18N4O4S/c1-13-7-22-18(8-21-13)20(25)23-9-15-11-24(12-16(15)10-23)29(26,27)17-2-3-19-14(6-17)4-5-28-19/h2-8H,9-12H2,1H3. The fourth-order valence-electron chi connectivity index (χ4n) is 3.78. The van der Waals surface area contributed by atoms with Crippen molar-refractivity contribution in [2.24, 2.45) is 0 Å². The third-order valence-electron chi connectivity index (χ3n) is 5.35. The number of aryl methyl sites for hydroxylation is 1. The summed E-state index contributed by atoms with van der Waals surface area (Å²) in [6.07, 6.45) is 4.58. The molecule has 0 aliphatic carbocycles. The molecule has 3 aromatic rings. The molecule has 0 radical (unpaired) electrons. The predicted octanol–water partition coefficient (Wildman–Crippen LogP) is 1.99. The molecule has 148 valence electrons. The molecule has 5 rings (SSSR count). The van der Waals surface area contributed by atoms with Gasteiger partial charge in [0.05, 0.1) is 23.0 Å². The van der Waals surface area contributed by atoms with Gasteiger partial charge in [-0.15, -0.1) is 0 Å². The summed E-state index contributed by atoms with van der Waals surface area (Å²) in [5.41, 5.74) is 3.66. The van der Waals surface area contributed by atoms with Crippen LogP contribution in [-0.4, -0.2) is 59.7 Å². The molecular weight excluding hydrogens is 392 g/mol. The lowest BCUT2D eigenvalue weighted by molar-refractivity contribution is 0.0786. The summed E-state index contributed by atoms with van der Waals surface area (Å²) in [5, 5.41) is 0.752. The number of rotatable bonds is 3. The SMILES string of the molecule is Cc1cnc(C(=O)N2CC3=C(C2)CN(S(=O)(=O)c2ccc4occc4c2)C3)cn1. The molecule has 0 N–H and O–H groups in total. The summed E-state index contributed by atoms with van der Waals surface area (Å²) in [6, 6.07) is 6.61. The van der Waals surface area contributed by atoms with Crippen LogP contribution in [0.5, 0.6) is 0 Å². The van der Waals surface area contributed by atoms with Crippen LogP contribution in [0.1, 0.15) is 16.2 Å². The van der Waals surface area contributed by atoms with E-state index >= 15 is 0 Å². The average Bonchev–Trinajstić information content (AvgIpc) is 3.41. The molecular formula is C20H18N4O4S. The van der Waals surface area contributed by atoms with Crippen molar-refractivity contribution in [2.45, 2.75) is 11.8 Å². The highest BCUT2D eigenvalue weighted by molar-refractivity contribution is 7.89. The lowest BCUT2D eigenvalue weighted by atomic mass is 10.2. The Labute approximate surface area is 167 Å². The Balaban J connectivity index is 1.30. The van der Waals surface area contributed by atoms with E-state index in [1.807, 2.05) is 6.92 Å². The Morgan fingerprint density at radius 3 is 2.48 bits per heavy atom. The molecule has 2 aliphatic rings. The smallest absolute Gasteiger partial charge is 0.274 e. The fraction of sp³-hybridized carbons (Fsp3) is 0.250. The van der Waals surface area contributed by atoms with Crippen molar-refractivity contribution < 1.29 is 17.6 Å². The Hall–Kier alpha value is -3.04. The zero-order valence-corrected chi connectivity index (χ0v) is 16.5. The number of fused-ring (bicyclic) bond motifs is 1. The zero-order chi connectivity index (χ0) is 20.2. The number of benzene rings is 1. The van der Waals surface area contributed by atoms with Crippen LogP contribution in [0, 0.1) is 6.92 Å². The molecule has 1 aromatic carbocycles.